The lowest BCUT2D eigenvalue weighted by Crippen LogP contribution is -2.00. The molecular weight excluding hydrogens is 401 g/mol. The molecule has 0 radical (unpaired) electrons. The average Bonchev–Trinajstić information content (AvgIpc) is 2.34. The first-order valence-corrected chi connectivity index (χ1v) is 7.53. The Bertz CT molecular complexity index is 573. The SMILES string of the molecule is Clc1ccc(Br)c(CNc2ccc(Cl)c(Br)c2)c1. The second kappa shape index (κ2) is 6.29. The van der Waals surface area contributed by atoms with E-state index in [1.165, 1.54) is 0 Å². The van der Waals surface area contributed by atoms with Crippen LogP contribution in [0.15, 0.2) is 45.3 Å². The van der Waals surface area contributed by atoms with Gasteiger partial charge in [-0.05, 0) is 57.9 Å². The molecule has 18 heavy (non-hydrogen) atoms. The summed E-state index contributed by atoms with van der Waals surface area (Å²) in [7, 11) is 0. The smallest absolute Gasteiger partial charge is 0.0549 e. The molecule has 1 N–H and O–H groups in total. The van der Waals surface area contributed by atoms with E-state index in [4.69, 9.17) is 23.2 Å². The third kappa shape index (κ3) is 3.64. The van der Waals surface area contributed by atoms with Crippen LogP contribution in [-0.2, 0) is 6.54 Å². The van der Waals surface area contributed by atoms with Gasteiger partial charge in [-0.2, -0.15) is 0 Å². The van der Waals surface area contributed by atoms with E-state index in [9.17, 15) is 0 Å². The maximum atomic E-state index is 5.97. The van der Waals surface area contributed by atoms with Gasteiger partial charge >= 0.3 is 0 Å². The maximum Gasteiger partial charge on any atom is 0.0549 e. The number of hydrogen-bond donors (Lipinski definition) is 1. The predicted molar refractivity (Wildman–Crippen MR) is 85.6 cm³/mol. The summed E-state index contributed by atoms with van der Waals surface area (Å²) in [5.41, 5.74) is 2.10. The molecule has 0 saturated carbocycles. The summed E-state index contributed by atoms with van der Waals surface area (Å²) in [4.78, 5) is 0. The Labute approximate surface area is 133 Å². The Morgan fingerprint density at radius 3 is 2.44 bits per heavy atom. The molecule has 0 amide bonds. The Morgan fingerprint density at radius 1 is 0.944 bits per heavy atom. The second-order valence-corrected chi connectivity index (χ2v) is 6.27. The highest BCUT2D eigenvalue weighted by Crippen LogP contribution is 2.27. The molecule has 0 aliphatic carbocycles. The fourth-order valence-electron chi connectivity index (χ4n) is 1.48. The fourth-order valence-corrected chi connectivity index (χ4v) is 2.56. The summed E-state index contributed by atoms with van der Waals surface area (Å²) in [5.74, 6) is 0. The van der Waals surface area contributed by atoms with Crippen molar-refractivity contribution in [3.63, 3.8) is 0 Å². The van der Waals surface area contributed by atoms with Crippen molar-refractivity contribution in [2.24, 2.45) is 0 Å². The largest absolute Gasteiger partial charge is 0.381 e. The van der Waals surface area contributed by atoms with Gasteiger partial charge in [-0.3, -0.25) is 0 Å². The summed E-state index contributed by atoms with van der Waals surface area (Å²) < 4.78 is 1.91. The Kier molecular flexibility index (Phi) is 4.96. The first kappa shape index (κ1) is 14.2. The zero-order valence-corrected chi connectivity index (χ0v) is 13.9. The molecule has 2 aromatic rings. The average molecular weight is 410 g/mol. The highest BCUT2D eigenvalue weighted by Gasteiger charge is 2.02. The minimum atomic E-state index is 0.690. The summed E-state index contributed by atoms with van der Waals surface area (Å²) >= 11 is 18.8. The molecule has 1 nitrogen and oxygen atoms in total. The van der Waals surface area contributed by atoms with Gasteiger partial charge in [0.05, 0.1) is 5.02 Å². The van der Waals surface area contributed by atoms with Crippen molar-refractivity contribution in [1.82, 2.24) is 0 Å². The number of rotatable bonds is 3. The molecule has 94 valence electrons. The zero-order chi connectivity index (χ0) is 13.1. The Balaban J connectivity index is 2.11. The third-order valence-electron chi connectivity index (χ3n) is 2.41. The van der Waals surface area contributed by atoms with E-state index in [0.29, 0.717) is 11.6 Å². The molecule has 0 heterocycles. The van der Waals surface area contributed by atoms with Gasteiger partial charge in [0.1, 0.15) is 0 Å². The normalized spacial score (nSPS) is 10.4. The van der Waals surface area contributed by atoms with Gasteiger partial charge in [0.15, 0.2) is 0 Å². The van der Waals surface area contributed by atoms with E-state index in [1.54, 1.807) is 0 Å². The number of anilines is 1. The van der Waals surface area contributed by atoms with Crippen LogP contribution in [0.1, 0.15) is 5.56 Å². The van der Waals surface area contributed by atoms with Crippen LogP contribution in [0.5, 0.6) is 0 Å². The minimum absolute atomic E-state index is 0.690. The van der Waals surface area contributed by atoms with Gasteiger partial charge < -0.3 is 5.32 Å². The second-order valence-electron chi connectivity index (χ2n) is 3.72. The van der Waals surface area contributed by atoms with E-state index in [2.05, 4.69) is 37.2 Å². The van der Waals surface area contributed by atoms with Crippen LogP contribution >= 0.6 is 55.1 Å². The van der Waals surface area contributed by atoms with Crippen LogP contribution in [0.25, 0.3) is 0 Å². The lowest BCUT2D eigenvalue weighted by molar-refractivity contribution is 1.14. The Morgan fingerprint density at radius 2 is 1.72 bits per heavy atom. The predicted octanol–water partition coefficient (Wildman–Crippen LogP) is 6.13. The van der Waals surface area contributed by atoms with Crippen molar-refractivity contribution in [3.05, 3.63) is 61.0 Å². The number of benzene rings is 2. The minimum Gasteiger partial charge on any atom is -0.381 e. The fraction of sp³-hybridized carbons (Fsp3) is 0.0769. The van der Waals surface area contributed by atoms with Crippen molar-refractivity contribution < 1.29 is 0 Å². The van der Waals surface area contributed by atoms with Gasteiger partial charge in [0, 0.05) is 26.2 Å². The van der Waals surface area contributed by atoms with Crippen LogP contribution in [0.3, 0.4) is 0 Å². The molecule has 0 aliphatic heterocycles. The van der Waals surface area contributed by atoms with Crippen LogP contribution in [0, 0.1) is 0 Å². The zero-order valence-electron chi connectivity index (χ0n) is 9.18. The van der Waals surface area contributed by atoms with Crippen molar-refractivity contribution in [3.8, 4) is 0 Å². The molecule has 0 unspecified atom stereocenters. The molecule has 2 aromatic carbocycles. The molecule has 0 aromatic heterocycles. The van der Waals surface area contributed by atoms with E-state index < -0.39 is 0 Å². The number of hydrogen-bond acceptors (Lipinski definition) is 1. The van der Waals surface area contributed by atoms with Gasteiger partial charge in [-0.1, -0.05) is 39.1 Å². The van der Waals surface area contributed by atoms with Crippen LogP contribution in [0.2, 0.25) is 10.0 Å². The van der Waals surface area contributed by atoms with E-state index in [1.807, 2.05) is 36.4 Å². The van der Waals surface area contributed by atoms with Gasteiger partial charge in [0.2, 0.25) is 0 Å². The quantitative estimate of drug-likeness (QED) is 0.642. The lowest BCUT2D eigenvalue weighted by atomic mass is 10.2. The van der Waals surface area contributed by atoms with Crippen molar-refractivity contribution in [2.75, 3.05) is 5.32 Å². The Hall–Kier alpha value is -0.220. The van der Waals surface area contributed by atoms with Crippen LogP contribution in [-0.4, -0.2) is 0 Å². The summed E-state index contributed by atoms with van der Waals surface area (Å²) in [6.07, 6.45) is 0. The van der Waals surface area contributed by atoms with Gasteiger partial charge in [0.25, 0.3) is 0 Å². The number of nitrogens with one attached hydrogen (secondary N) is 1. The molecule has 5 heteroatoms. The van der Waals surface area contributed by atoms with Crippen molar-refractivity contribution in [1.29, 1.82) is 0 Å². The van der Waals surface area contributed by atoms with E-state index in [0.717, 1.165) is 25.2 Å². The summed E-state index contributed by atoms with van der Waals surface area (Å²) in [6.45, 7) is 0.690. The molecule has 0 fully saturated rings. The molecule has 0 atom stereocenters. The molecular formula is C13H9Br2Cl2N. The van der Waals surface area contributed by atoms with Crippen LogP contribution < -0.4 is 5.32 Å². The van der Waals surface area contributed by atoms with Crippen molar-refractivity contribution in [2.45, 2.75) is 6.54 Å². The molecule has 0 spiro atoms. The number of halogens is 4. The monoisotopic (exact) mass is 407 g/mol. The van der Waals surface area contributed by atoms with Crippen molar-refractivity contribution >= 4 is 60.7 Å². The molecule has 2 rings (SSSR count). The lowest BCUT2D eigenvalue weighted by Gasteiger charge is -2.09. The van der Waals surface area contributed by atoms with Gasteiger partial charge in [-0.15, -0.1) is 0 Å². The maximum absolute atomic E-state index is 5.97. The first-order valence-electron chi connectivity index (χ1n) is 5.19. The first-order chi connectivity index (χ1) is 8.56. The highest BCUT2D eigenvalue weighted by atomic mass is 79.9. The summed E-state index contributed by atoms with van der Waals surface area (Å²) in [5, 5.41) is 4.75. The van der Waals surface area contributed by atoms with Gasteiger partial charge in [-0.25, -0.2) is 0 Å². The van der Waals surface area contributed by atoms with E-state index in [-0.39, 0.29) is 0 Å². The van der Waals surface area contributed by atoms with E-state index >= 15 is 0 Å². The summed E-state index contributed by atoms with van der Waals surface area (Å²) in [6, 6.07) is 11.5. The molecule has 0 aliphatic rings. The molecule has 0 bridgehead atoms. The standard InChI is InChI=1S/C13H9Br2Cl2N/c14-11-3-1-9(16)5-8(11)7-18-10-2-4-13(17)12(15)6-10/h1-6,18H,7H2. The highest BCUT2D eigenvalue weighted by molar-refractivity contribution is 9.10. The third-order valence-corrected chi connectivity index (χ3v) is 4.63. The van der Waals surface area contributed by atoms with Crippen LogP contribution in [0.4, 0.5) is 5.69 Å². The molecule has 0 saturated heterocycles. The topological polar surface area (TPSA) is 12.0 Å².